The predicted octanol–water partition coefficient (Wildman–Crippen LogP) is 3.90. The second kappa shape index (κ2) is 3.72. The van der Waals surface area contributed by atoms with Gasteiger partial charge < -0.3 is 0 Å². The number of allylic oxidation sites excluding steroid dienone is 1. The van der Waals surface area contributed by atoms with Crippen molar-refractivity contribution in [1.82, 2.24) is 0 Å². The minimum atomic E-state index is -0.385. The molecule has 0 spiro atoms. The van der Waals surface area contributed by atoms with E-state index in [1.54, 1.807) is 12.1 Å². The fraction of sp³-hybridized carbons (Fsp3) is 0.200. The largest absolute Gasteiger partial charge is 0.205 e. The number of rotatable bonds is 2. The van der Waals surface area contributed by atoms with Gasteiger partial charge in [0.05, 0.1) is 5.02 Å². The topological polar surface area (TPSA) is 0 Å². The Morgan fingerprint density at radius 3 is 2.75 bits per heavy atom. The first-order valence-electron chi connectivity index (χ1n) is 3.78. The Balaban J connectivity index is 3.05. The summed E-state index contributed by atoms with van der Waals surface area (Å²) >= 11 is 5.60. The Labute approximate surface area is 76.7 Å². The van der Waals surface area contributed by atoms with Crippen molar-refractivity contribution >= 4 is 17.2 Å². The fourth-order valence-electron chi connectivity index (χ4n) is 0.920. The van der Waals surface area contributed by atoms with E-state index in [4.69, 9.17) is 11.6 Å². The van der Waals surface area contributed by atoms with Gasteiger partial charge in [0.15, 0.2) is 0 Å². The molecule has 0 aliphatic carbocycles. The average molecular weight is 185 g/mol. The Hall–Kier alpha value is -0.820. The maximum atomic E-state index is 12.7. The lowest BCUT2D eigenvalue weighted by atomic mass is 10.1. The SMILES string of the molecule is C=C(CC)c1ccc(F)c(Cl)c1. The van der Waals surface area contributed by atoms with Crippen LogP contribution in [0.15, 0.2) is 24.8 Å². The highest BCUT2D eigenvalue weighted by Gasteiger charge is 2.01. The maximum Gasteiger partial charge on any atom is 0.141 e. The van der Waals surface area contributed by atoms with Crippen molar-refractivity contribution < 1.29 is 4.39 Å². The van der Waals surface area contributed by atoms with Crippen LogP contribution in [-0.4, -0.2) is 0 Å². The Kier molecular flexibility index (Phi) is 2.88. The molecule has 0 aromatic heterocycles. The molecule has 64 valence electrons. The van der Waals surface area contributed by atoms with Crippen LogP contribution in [-0.2, 0) is 0 Å². The van der Waals surface area contributed by atoms with Crippen molar-refractivity contribution in [2.45, 2.75) is 13.3 Å². The van der Waals surface area contributed by atoms with E-state index >= 15 is 0 Å². The molecule has 0 N–H and O–H groups in total. The second-order valence-electron chi connectivity index (χ2n) is 2.59. The summed E-state index contributed by atoms with van der Waals surface area (Å²) < 4.78 is 12.7. The molecule has 2 heteroatoms. The molecule has 0 aliphatic rings. The van der Waals surface area contributed by atoms with Gasteiger partial charge in [-0.05, 0) is 29.7 Å². The van der Waals surface area contributed by atoms with E-state index in [1.165, 1.54) is 6.07 Å². The van der Waals surface area contributed by atoms with Gasteiger partial charge in [-0.2, -0.15) is 0 Å². The van der Waals surface area contributed by atoms with Crippen LogP contribution in [0.1, 0.15) is 18.9 Å². The lowest BCUT2D eigenvalue weighted by Gasteiger charge is -2.02. The molecule has 0 atom stereocenters. The first kappa shape index (κ1) is 9.27. The van der Waals surface area contributed by atoms with Crippen LogP contribution in [0.2, 0.25) is 5.02 Å². The normalized spacial score (nSPS) is 9.92. The van der Waals surface area contributed by atoms with Crippen molar-refractivity contribution in [2.75, 3.05) is 0 Å². The molecule has 0 unspecified atom stereocenters. The van der Waals surface area contributed by atoms with Crippen LogP contribution < -0.4 is 0 Å². The van der Waals surface area contributed by atoms with Crippen LogP contribution in [0, 0.1) is 5.82 Å². The molecule has 1 aromatic rings. The van der Waals surface area contributed by atoms with Gasteiger partial charge in [0.25, 0.3) is 0 Å². The van der Waals surface area contributed by atoms with Crippen molar-refractivity contribution in [2.24, 2.45) is 0 Å². The minimum Gasteiger partial charge on any atom is -0.205 e. The minimum absolute atomic E-state index is 0.155. The number of hydrogen-bond donors (Lipinski definition) is 0. The van der Waals surface area contributed by atoms with E-state index in [0.29, 0.717) is 0 Å². The zero-order valence-corrected chi connectivity index (χ0v) is 7.66. The Bertz CT molecular complexity index is 305. The van der Waals surface area contributed by atoms with Crippen molar-refractivity contribution in [3.8, 4) is 0 Å². The number of hydrogen-bond acceptors (Lipinski definition) is 0. The summed E-state index contributed by atoms with van der Waals surface area (Å²) in [7, 11) is 0. The monoisotopic (exact) mass is 184 g/mol. The van der Waals surface area contributed by atoms with Crippen LogP contribution in [0.5, 0.6) is 0 Å². The van der Waals surface area contributed by atoms with Crippen molar-refractivity contribution in [3.05, 3.63) is 41.2 Å². The van der Waals surface area contributed by atoms with Crippen LogP contribution in [0.4, 0.5) is 4.39 Å². The van der Waals surface area contributed by atoms with Crippen molar-refractivity contribution in [3.63, 3.8) is 0 Å². The molecule has 0 saturated carbocycles. The van der Waals surface area contributed by atoms with Gasteiger partial charge in [-0.3, -0.25) is 0 Å². The Morgan fingerprint density at radius 1 is 1.58 bits per heavy atom. The summed E-state index contributed by atoms with van der Waals surface area (Å²) in [4.78, 5) is 0. The zero-order chi connectivity index (χ0) is 9.14. The van der Waals surface area contributed by atoms with Gasteiger partial charge >= 0.3 is 0 Å². The first-order chi connectivity index (χ1) is 5.65. The lowest BCUT2D eigenvalue weighted by Crippen LogP contribution is -1.83. The number of benzene rings is 1. The molecule has 0 fully saturated rings. The average Bonchev–Trinajstić information content (AvgIpc) is 2.08. The van der Waals surface area contributed by atoms with Gasteiger partial charge in [0.2, 0.25) is 0 Å². The molecular formula is C10H10ClF. The summed E-state index contributed by atoms with van der Waals surface area (Å²) in [6.07, 6.45) is 0.849. The summed E-state index contributed by atoms with van der Waals surface area (Å²) in [5.74, 6) is -0.385. The fourth-order valence-corrected chi connectivity index (χ4v) is 1.10. The molecule has 1 aromatic carbocycles. The van der Waals surface area contributed by atoms with E-state index in [9.17, 15) is 4.39 Å². The van der Waals surface area contributed by atoms with E-state index in [2.05, 4.69) is 6.58 Å². The van der Waals surface area contributed by atoms with Crippen LogP contribution >= 0.6 is 11.6 Å². The molecule has 0 nitrogen and oxygen atoms in total. The molecule has 12 heavy (non-hydrogen) atoms. The maximum absolute atomic E-state index is 12.7. The quantitative estimate of drug-likeness (QED) is 0.654. The third-order valence-corrected chi connectivity index (χ3v) is 2.04. The molecule has 0 aliphatic heterocycles. The summed E-state index contributed by atoms with van der Waals surface area (Å²) in [5, 5.41) is 0.155. The second-order valence-corrected chi connectivity index (χ2v) is 2.99. The molecule has 0 bridgehead atoms. The van der Waals surface area contributed by atoms with Gasteiger partial charge in [-0.15, -0.1) is 0 Å². The highest BCUT2D eigenvalue weighted by molar-refractivity contribution is 6.30. The zero-order valence-electron chi connectivity index (χ0n) is 6.90. The van der Waals surface area contributed by atoms with Crippen molar-refractivity contribution in [1.29, 1.82) is 0 Å². The van der Waals surface area contributed by atoms with E-state index in [0.717, 1.165) is 17.6 Å². The lowest BCUT2D eigenvalue weighted by molar-refractivity contribution is 0.628. The van der Waals surface area contributed by atoms with Gasteiger partial charge in [-0.1, -0.05) is 31.2 Å². The molecule has 0 radical (unpaired) electrons. The molecule has 0 heterocycles. The summed E-state index contributed by atoms with van der Waals surface area (Å²) in [6.45, 7) is 5.83. The number of halogens is 2. The van der Waals surface area contributed by atoms with E-state index < -0.39 is 0 Å². The van der Waals surface area contributed by atoms with E-state index in [-0.39, 0.29) is 10.8 Å². The van der Waals surface area contributed by atoms with Crippen LogP contribution in [0.25, 0.3) is 5.57 Å². The Morgan fingerprint density at radius 2 is 2.25 bits per heavy atom. The van der Waals surface area contributed by atoms with Crippen LogP contribution in [0.3, 0.4) is 0 Å². The standard InChI is InChI=1S/C10H10ClF/c1-3-7(2)8-4-5-10(12)9(11)6-8/h4-6H,2-3H2,1H3. The predicted molar refractivity (Wildman–Crippen MR) is 50.7 cm³/mol. The van der Waals surface area contributed by atoms with Gasteiger partial charge in [0.1, 0.15) is 5.82 Å². The van der Waals surface area contributed by atoms with Gasteiger partial charge in [0, 0.05) is 0 Å². The molecule has 1 rings (SSSR count). The molecule has 0 saturated heterocycles. The highest BCUT2D eigenvalue weighted by atomic mass is 35.5. The summed E-state index contributed by atoms with van der Waals surface area (Å²) in [5.41, 5.74) is 1.88. The van der Waals surface area contributed by atoms with Gasteiger partial charge in [-0.25, -0.2) is 4.39 Å². The summed E-state index contributed by atoms with van der Waals surface area (Å²) in [6, 6.07) is 4.65. The smallest absolute Gasteiger partial charge is 0.141 e. The van der Waals surface area contributed by atoms with E-state index in [1.807, 2.05) is 6.92 Å². The molecule has 0 amide bonds. The third-order valence-electron chi connectivity index (χ3n) is 1.75. The third kappa shape index (κ3) is 1.86. The first-order valence-corrected chi connectivity index (χ1v) is 4.16. The highest BCUT2D eigenvalue weighted by Crippen LogP contribution is 2.21. The molecular weight excluding hydrogens is 175 g/mol.